The molecular formula is C20H24N2O2S. The zero-order valence-corrected chi connectivity index (χ0v) is 15.5. The predicted molar refractivity (Wildman–Crippen MR) is 105 cm³/mol. The first kappa shape index (κ1) is 18.9. The van der Waals surface area contributed by atoms with Gasteiger partial charge in [0, 0.05) is 19.2 Å². The molecule has 1 amide bonds. The second-order valence-electron chi connectivity index (χ2n) is 5.83. The van der Waals surface area contributed by atoms with Crippen LogP contribution in [0.3, 0.4) is 0 Å². The van der Waals surface area contributed by atoms with Gasteiger partial charge in [-0.05, 0) is 48.5 Å². The standard InChI is InChI=1S/C20H24N2O2S/c1-3-4-14-24-18-12-10-17(11-13-18)19(23)21-20(25)22(2)15-16-8-6-5-7-9-16/h5-13H,3-4,14-15H2,1-2H3,(H,21,23,25). The van der Waals surface area contributed by atoms with E-state index in [2.05, 4.69) is 12.2 Å². The lowest BCUT2D eigenvalue weighted by atomic mass is 10.2. The molecule has 5 heteroatoms. The second kappa shape index (κ2) is 9.79. The Balaban J connectivity index is 1.86. The summed E-state index contributed by atoms with van der Waals surface area (Å²) in [5.41, 5.74) is 1.69. The van der Waals surface area contributed by atoms with Crippen molar-refractivity contribution in [2.75, 3.05) is 13.7 Å². The Morgan fingerprint density at radius 3 is 2.44 bits per heavy atom. The summed E-state index contributed by atoms with van der Waals surface area (Å²) >= 11 is 5.32. The highest BCUT2D eigenvalue weighted by molar-refractivity contribution is 7.80. The third kappa shape index (κ3) is 6.19. The first-order valence-electron chi connectivity index (χ1n) is 8.43. The molecule has 2 aromatic rings. The highest BCUT2D eigenvalue weighted by atomic mass is 32.1. The molecule has 0 saturated heterocycles. The first-order chi connectivity index (χ1) is 12.1. The van der Waals surface area contributed by atoms with Crippen molar-refractivity contribution in [1.29, 1.82) is 0 Å². The lowest BCUT2D eigenvalue weighted by Gasteiger charge is -2.20. The SMILES string of the molecule is CCCCOc1ccc(C(=O)NC(=S)N(C)Cc2ccccc2)cc1. The molecule has 0 bridgehead atoms. The molecule has 4 nitrogen and oxygen atoms in total. The Labute approximate surface area is 154 Å². The van der Waals surface area contributed by atoms with Gasteiger partial charge in [0.1, 0.15) is 5.75 Å². The number of ether oxygens (including phenoxy) is 1. The number of carbonyl (C=O) groups excluding carboxylic acids is 1. The van der Waals surface area contributed by atoms with Crippen LogP contribution < -0.4 is 10.1 Å². The Kier molecular flexibility index (Phi) is 7.41. The summed E-state index contributed by atoms with van der Waals surface area (Å²) < 4.78 is 5.60. The summed E-state index contributed by atoms with van der Waals surface area (Å²) in [4.78, 5) is 14.2. The van der Waals surface area contributed by atoms with E-state index < -0.39 is 0 Å². The fraction of sp³-hybridized carbons (Fsp3) is 0.300. The number of amides is 1. The molecule has 2 rings (SSSR count). The lowest BCUT2D eigenvalue weighted by molar-refractivity contribution is 0.0973. The molecule has 132 valence electrons. The number of benzene rings is 2. The molecule has 25 heavy (non-hydrogen) atoms. The molecular weight excluding hydrogens is 332 g/mol. The lowest BCUT2D eigenvalue weighted by Crippen LogP contribution is -2.40. The largest absolute Gasteiger partial charge is 0.494 e. The van der Waals surface area contributed by atoms with E-state index in [9.17, 15) is 4.79 Å². The van der Waals surface area contributed by atoms with Crippen LogP contribution in [0.15, 0.2) is 54.6 Å². The summed E-state index contributed by atoms with van der Waals surface area (Å²) in [6, 6.07) is 17.1. The van der Waals surface area contributed by atoms with Crippen molar-refractivity contribution in [2.45, 2.75) is 26.3 Å². The van der Waals surface area contributed by atoms with Crippen LogP contribution in [-0.4, -0.2) is 29.6 Å². The number of rotatable bonds is 7. The third-order valence-electron chi connectivity index (χ3n) is 3.71. The zero-order chi connectivity index (χ0) is 18.1. The number of hydrogen-bond donors (Lipinski definition) is 1. The summed E-state index contributed by atoms with van der Waals surface area (Å²) in [6.45, 7) is 3.45. The van der Waals surface area contributed by atoms with E-state index in [0.717, 1.165) is 24.2 Å². The van der Waals surface area contributed by atoms with Crippen molar-refractivity contribution in [2.24, 2.45) is 0 Å². The monoisotopic (exact) mass is 356 g/mol. The summed E-state index contributed by atoms with van der Waals surface area (Å²) in [5.74, 6) is 0.554. The molecule has 0 fully saturated rings. The number of nitrogens with zero attached hydrogens (tertiary/aromatic N) is 1. The Morgan fingerprint density at radius 1 is 1.12 bits per heavy atom. The normalized spacial score (nSPS) is 10.2. The van der Waals surface area contributed by atoms with Gasteiger partial charge in [-0.25, -0.2) is 0 Å². The van der Waals surface area contributed by atoms with Crippen LogP contribution in [0.4, 0.5) is 0 Å². The number of thiocarbonyl (C=S) groups is 1. The fourth-order valence-electron chi connectivity index (χ4n) is 2.23. The second-order valence-corrected chi connectivity index (χ2v) is 6.21. The van der Waals surface area contributed by atoms with E-state index in [1.807, 2.05) is 42.3 Å². The third-order valence-corrected chi connectivity index (χ3v) is 4.13. The van der Waals surface area contributed by atoms with Gasteiger partial charge in [-0.15, -0.1) is 0 Å². The van der Waals surface area contributed by atoms with Crippen molar-refractivity contribution >= 4 is 23.2 Å². The van der Waals surface area contributed by atoms with E-state index in [4.69, 9.17) is 17.0 Å². The molecule has 0 unspecified atom stereocenters. The topological polar surface area (TPSA) is 41.6 Å². The molecule has 0 aliphatic heterocycles. The Bertz CT molecular complexity index is 687. The van der Waals surface area contributed by atoms with Gasteiger partial charge in [0.15, 0.2) is 5.11 Å². The Hall–Kier alpha value is -2.40. The van der Waals surface area contributed by atoms with E-state index in [1.54, 1.807) is 24.3 Å². The minimum absolute atomic E-state index is 0.218. The van der Waals surface area contributed by atoms with Gasteiger partial charge in [-0.1, -0.05) is 43.7 Å². The molecule has 0 spiro atoms. The predicted octanol–water partition coefficient (Wildman–Crippen LogP) is 4.01. The summed E-state index contributed by atoms with van der Waals surface area (Å²) in [5, 5.41) is 3.17. The van der Waals surface area contributed by atoms with Crippen LogP contribution in [-0.2, 0) is 6.54 Å². The van der Waals surface area contributed by atoms with Crippen LogP contribution in [0.5, 0.6) is 5.75 Å². The van der Waals surface area contributed by atoms with Crippen LogP contribution in [0, 0.1) is 0 Å². The van der Waals surface area contributed by atoms with Crippen LogP contribution in [0.2, 0.25) is 0 Å². The molecule has 0 radical (unpaired) electrons. The van der Waals surface area contributed by atoms with Gasteiger partial charge in [-0.3, -0.25) is 10.1 Å². The highest BCUT2D eigenvalue weighted by Crippen LogP contribution is 2.13. The Morgan fingerprint density at radius 2 is 1.80 bits per heavy atom. The van der Waals surface area contributed by atoms with Gasteiger partial charge >= 0.3 is 0 Å². The summed E-state index contributed by atoms with van der Waals surface area (Å²) in [7, 11) is 1.86. The maximum absolute atomic E-state index is 12.3. The molecule has 0 aromatic heterocycles. The molecule has 0 atom stereocenters. The van der Waals surface area contributed by atoms with Crippen molar-refractivity contribution in [3.63, 3.8) is 0 Å². The molecule has 2 aromatic carbocycles. The van der Waals surface area contributed by atoms with Crippen molar-refractivity contribution in [1.82, 2.24) is 10.2 Å². The van der Waals surface area contributed by atoms with Crippen molar-refractivity contribution in [3.8, 4) is 5.75 Å². The van der Waals surface area contributed by atoms with Gasteiger partial charge in [0.05, 0.1) is 6.61 Å². The number of unbranched alkanes of at least 4 members (excludes halogenated alkanes) is 1. The van der Waals surface area contributed by atoms with Gasteiger partial charge in [-0.2, -0.15) is 0 Å². The minimum atomic E-state index is -0.218. The fourth-order valence-corrected chi connectivity index (χ4v) is 2.39. The molecule has 0 saturated carbocycles. The maximum atomic E-state index is 12.3. The number of hydrogen-bond acceptors (Lipinski definition) is 3. The molecule has 1 N–H and O–H groups in total. The average molecular weight is 356 g/mol. The van der Waals surface area contributed by atoms with E-state index >= 15 is 0 Å². The first-order valence-corrected chi connectivity index (χ1v) is 8.84. The smallest absolute Gasteiger partial charge is 0.257 e. The quantitative estimate of drug-likeness (QED) is 0.601. The number of nitrogens with one attached hydrogen (secondary N) is 1. The zero-order valence-electron chi connectivity index (χ0n) is 14.7. The average Bonchev–Trinajstić information content (AvgIpc) is 2.63. The van der Waals surface area contributed by atoms with Gasteiger partial charge in [0.25, 0.3) is 5.91 Å². The van der Waals surface area contributed by atoms with Gasteiger partial charge in [0.2, 0.25) is 0 Å². The van der Waals surface area contributed by atoms with Crippen LogP contribution >= 0.6 is 12.2 Å². The van der Waals surface area contributed by atoms with E-state index in [0.29, 0.717) is 23.8 Å². The highest BCUT2D eigenvalue weighted by Gasteiger charge is 2.11. The van der Waals surface area contributed by atoms with E-state index in [1.165, 1.54) is 0 Å². The van der Waals surface area contributed by atoms with Gasteiger partial charge < -0.3 is 9.64 Å². The molecule has 0 heterocycles. The van der Waals surface area contributed by atoms with Crippen LogP contribution in [0.25, 0.3) is 0 Å². The maximum Gasteiger partial charge on any atom is 0.257 e. The van der Waals surface area contributed by atoms with E-state index in [-0.39, 0.29) is 5.91 Å². The minimum Gasteiger partial charge on any atom is -0.494 e. The molecule has 0 aliphatic rings. The number of carbonyl (C=O) groups is 1. The van der Waals surface area contributed by atoms with Crippen molar-refractivity contribution in [3.05, 3.63) is 65.7 Å². The van der Waals surface area contributed by atoms with Crippen LogP contribution in [0.1, 0.15) is 35.7 Å². The summed E-state index contributed by atoms with van der Waals surface area (Å²) in [6.07, 6.45) is 2.11. The molecule has 0 aliphatic carbocycles. The van der Waals surface area contributed by atoms with Crippen molar-refractivity contribution < 1.29 is 9.53 Å².